The number of amides is 2. The lowest BCUT2D eigenvalue weighted by Crippen LogP contribution is -2.47. The predicted octanol–water partition coefficient (Wildman–Crippen LogP) is 2.24. The molecule has 3 rings (SSSR count). The Hall–Kier alpha value is -1.66. The van der Waals surface area contributed by atoms with Gasteiger partial charge in [-0.3, -0.25) is 9.88 Å². The molecule has 6 heteroatoms. The summed E-state index contributed by atoms with van der Waals surface area (Å²) in [6, 6.07) is 2.51. The van der Waals surface area contributed by atoms with Crippen LogP contribution in [0, 0.1) is 5.92 Å². The van der Waals surface area contributed by atoms with Crippen LogP contribution in [-0.4, -0.2) is 66.2 Å². The Morgan fingerprint density at radius 1 is 1.31 bits per heavy atom. The highest BCUT2D eigenvalue weighted by Crippen LogP contribution is 2.25. The largest absolute Gasteiger partial charge is 0.379 e. The Balaban J connectivity index is 1.58. The molecule has 2 aliphatic rings. The van der Waals surface area contributed by atoms with Crippen molar-refractivity contribution in [3.63, 3.8) is 0 Å². The van der Waals surface area contributed by atoms with Crippen molar-refractivity contribution in [1.29, 1.82) is 0 Å². The maximum absolute atomic E-state index is 12.7. The van der Waals surface area contributed by atoms with Gasteiger partial charge in [0.1, 0.15) is 0 Å². The third-order valence-electron chi connectivity index (χ3n) is 5.52. The molecular weight excluding hydrogens is 328 g/mol. The number of aromatic nitrogens is 1. The lowest BCUT2D eigenvalue weighted by molar-refractivity contribution is 0.0123. The van der Waals surface area contributed by atoms with Crippen molar-refractivity contribution < 1.29 is 9.53 Å². The molecule has 2 amide bonds. The third kappa shape index (κ3) is 4.35. The predicted molar refractivity (Wildman–Crippen MR) is 102 cm³/mol. The molecule has 1 aromatic heterocycles. The van der Waals surface area contributed by atoms with Gasteiger partial charge in [-0.25, -0.2) is 4.79 Å². The van der Waals surface area contributed by atoms with E-state index < -0.39 is 0 Å². The lowest BCUT2D eigenvalue weighted by Gasteiger charge is -2.33. The zero-order chi connectivity index (χ0) is 18.7. The Labute approximate surface area is 156 Å². The van der Waals surface area contributed by atoms with Crippen molar-refractivity contribution in [2.24, 2.45) is 5.92 Å². The third-order valence-corrected chi connectivity index (χ3v) is 5.52. The molecule has 144 valence electrons. The minimum Gasteiger partial charge on any atom is -0.379 e. The van der Waals surface area contributed by atoms with Crippen molar-refractivity contribution in [1.82, 2.24) is 20.1 Å². The molecule has 0 radical (unpaired) electrons. The summed E-state index contributed by atoms with van der Waals surface area (Å²) >= 11 is 0. The highest BCUT2D eigenvalue weighted by molar-refractivity contribution is 5.74. The van der Waals surface area contributed by atoms with Gasteiger partial charge in [0.15, 0.2) is 0 Å². The number of ether oxygens (including phenoxy) is 1. The van der Waals surface area contributed by atoms with Crippen LogP contribution < -0.4 is 5.32 Å². The highest BCUT2D eigenvalue weighted by atomic mass is 16.5. The first-order chi connectivity index (χ1) is 12.4. The van der Waals surface area contributed by atoms with Crippen LogP contribution in [0.3, 0.4) is 0 Å². The minimum atomic E-state index is 0.0244. The van der Waals surface area contributed by atoms with Gasteiger partial charge in [-0.1, -0.05) is 27.7 Å². The average Bonchev–Trinajstić information content (AvgIpc) is 3.02. The van der Waals surface area contributed by atoms with Crippen molar-refractivity contribution >= 4 is 6.03 Å². The van der Waals surface area contributed by atoms with Gasteiger partial charge in [0, 0.05) is 51.2 Å². The van der Waals surface area contributed by atoms with E-state index in [2.05, 4.69) is 42.9 Å². The Morgan fingerprint density at radius 3 is 2.73 bits per heavy atom. The molecule has 26 heavy (non-hydrogen) atoms. The first-order valence-corrected chi connectivity index (χ1v) is 9.64. The lowest BCUT2D eigenvalue weighted by atomic mass is 9.85. The zero-order valence-electron chi connectivity index (χ0n) is 16.5. The standard InChI is InChI=1S/C20H32N4O2/c1-15-13-24(14-18(15)23-7-9-26-10-8-23)19(25)22-12-16-11-21-6-5-17(16)20(2,3)4/h5-6,11,15,18H,7-10,12-14H2,1-4H3,(H,22,25). The Morgan fingerprint density at radius 2 is 2.04 bits per heavy atom. The SMILES string of the molecule is CC1CN(C(=O)NCc2cnccc2C(C)(C)C)CC1N1CCOCC1. The number of rotatable bonds is 3. The summed E-state index contributed by atoms with van der Waals surface area (Å²) in [5, 5.41) is 3.10. The summed E-state index contributed by atoms with van der Waals surface area (Å²) in [6.45, 7) is 14.5. The number of pyridine rings is 1. The van der Waals surface area contributed by atoms with Gasteiger partial charge in [-0.15, -0.1) is 0 Å². The normalized spacial score (nSPS) is 24.7. The molecule has 0 aromatic carbocycles. The Bertz CT molecular complexity index is 622. The fraction of sp³-hybridized carbons (Fsp3) is 0.700. The number of morpholine rings is 1. The van der Waals surface area contributed by atoms with Gasteiger partial charge in [-0.2, -0.15) is 0 Å². The highest BCUT2D eigenvalue weighted by Gasteiger charge is 2.36. The number of carbonyl (C=O) groups excluding carboxylic acids is 1. The summed E-state index contributed by atoms with van der Waals surface area (Å²) in [4.78, 5) is 21.4. The number of nitrogens with zero attached hydrogens (tertiary/aromatic N) is 3. The fourth-order valence-corrected chi connectivity index (χ4v) is 4.08. The van der Waals surface area contributed by atoms with Crippen LogP contribution in [0.15, 0.2) is 18.5 Å². The topological polar surface area (TPSA) is 57.7 Å². The molecular formula is C20H32N4O2. The molecule has 1 N–H and O–H groups in total. The van der Waals surface area contributed by atoms with Gasteiger partial charge >= 0.3 is 6.03 Å². The molecule has 2 unspecified atom stereocenters. The van der Waals surface area contributed by atoms with Crippen LogP contribution in [0.25, 0.3) is 0 Å². The van der Waals surface area contributed by atoms with Gasteiger partial charge in [0.25, 0.3) is 0 Å². The van der Waals surface area contributed by atoms with Gasteiger partial charge in [0.2, 0.25) is 0 Å². The molecule has 2 saturated heterocycles. The molecule has 2 atom stereocenters. The van der Waals surface area contributed by atoms with E-state index in [4.69, 9.17) is 4.74 Å². The van der Waals surface area contributed by atoms with Crippen LogP contribution in [0.1, 0.15) is 38.8 Å². The van der Waals surface area contributed by atoms with Gasteiger partial charge in [-0.05, 0) is 28.5 Å². The van der Waals surface area contributed by atoms with E-state index in [-0.39, 0.29) is 11.4 Å². The first kappa shape index (κ1) is 19.1. The second kappa shape index (κ2) is 7.92. The molecule has 0 saturated carbocycles. The van der Waals surface area contributed by atoms with Gasteiger partial charge < -0.3 is 15.0 Å². The molecule has 2 fully saturated rings. The van der Waals surface area contributed by atoms with Crippen LogP contribution in [0.4, 0.5) is 4.79 Å². The summed E-state index contributed by atoms with van der Waals surface area (Å²) < 4.78 is 5.45. The second-order valence-corrected chi connectivity index (χ2v) is 8.54. The summed E-state index contributed by atoms with van der Waals surface area (Å²) in [5.41, 5.74) is 2.35. The molecule has 0 aliphatic carbocycles. The number of nitrogens with one attached hydrogen (secondary N) is 1. The quantitative estimate of drug-likeness (QED) is 0.898. The van der Waals surface area contributed by atoms with E-state index in [1.165, 1.54) is 5.56 Å². The van der Waals surface area contributed by atoms with E-state index >= 15 is 0 Å². The molecule has 0 bridgehead atoms. The van der Waals surface area contributed by atoms with Crippen molar-refractivity contribution in [2.75, 3.05) is 39.4 Å². The minimum absolute atomic E-state index is 0.0244. The number of likely N-dealkylation sites (tertiary alicyclic amines) is 1. The maximum Gasteiger partial charge on any atom is 0.317 e. The van der Waals surface area contributed by atoms with E-state index in [1.54, 1.807) is 0 Å². The van der Waals surface area contributed by atoms with Crippen LogP contribution in [0.2, 0.25) is 0 Å². The van der Waals surface area contributed by atoms with E-state index in [9.17, 15) is 4.79 Å². The average molecular weight is 361 g/mol. The van der Waals surface area contributed by atoms with Gasteiger partial charge in [0.05, 0.1) is 13.2 Å². The summed E-state index contributed by atoms with van der Waals surface area (Å²) in [6.07, 6.45) is 3.69. The molecule has 1 aromatic rings. The van der Waals surface area contributed by atoms with Crippen molar-refractivity contribution in [3.05, 3.63) is 29.6 Å². The number of urea groups is 1. The van der Waals surface area contributed by atoms with Crippen LogP contribution >= 0.6 is 0 Å². The maximum atomic E-state index is 12.7. The summed E-state index contributed by atoms with van der Waals surface area (Å²) in [5.74, 6) is 0.488. The number of hydrogen-bond acceptors (Lipinski definition) is 4. The molecule has 6 nitrogen and oxygen atoms in total. The monoisotopic (exact) mass is 360 g/mol. The van der Waals surface area contributed by atoms with Crippen LogP contribution in [-0.2, 0) is 16.7 Å². The smallest absolute Gasteiger partial charge is 0.317 e. The first-order valence-electron chi connectivity index (χ1n) is 9.64. The zero-order valence-corrected chi connectivity index (χ0v) is 16.5. The number of carbonyl (C=O) groups is 1. The van der Waals surface area contributed by atoms with E-state index in [0.717, 1.165) is 45.0 Å². The number of hydrogen-bond donors (Lipinski definition) is 1. The fourth-order valence-electron chi connectivity index (χ4n) is 4.08. The van der Waals surface area contributed by atoms with Crippen molar-refractivity contribution in [3.8, 4) is 0 Å². The molecule has 3 heterocycles. The summed E-state index contributed by atoms with van der Waals surface area (Å²) in [7, 11) is 0. The second-order valence-electron chi connectivity index (χ2n) is 8.54. The molecule has 0 spiro atoms. The van der Waals surface area contributed by atoms with Crippen molar-refractivity contribution in [2.45, 2.75) is 45.7 Å². The molecule has 2 aliphatic heterocycles. The van der Waals surface area contributed by atoms with E-state index in [0.29, 0.717) is 18.5 Å². The van der Waals surface area contributed by atoms with Crippen LogP contribution in [0.5, 0.6) is 0 Å². The Kier molecular flexibility index (Phi) is 5.82. The van der Waals surface area contributed by atoms with E-state index in [1.807, 2.05) is 23.4 Å².